The first kappa shape index (κ1) is 14.9. The molecule has 112 valence electrons. The Labute approximate surface area is 134 Å². The van der Waals surface area contributed by atoms with E-state index in [4.69, 9.17) is 0 Å². The second-order valence-corrected chi connectivity index (χ2v) is 7.47. The number of hydrogen-bond acceptors (Lipinski definition) is 5. The molecule has 4 nitrogen and oxygen atoms in total. The third kappa shape index (κ3) is 4.02. The number of aromatic nitrogens is 3. The molecule has 0 radical (unpaired) electrons. The lowest BCUT2D eigenvalue weighted by Gasteiger charge is -2.22. The summed E-state index contributed by atoms with van der Waals surface area (Å²) in [4.78, 5) is 3.98. The lowest BCUT2D eigenvalue weighted by Crippen LogP contribution is -2.35. The van der Waals surface area contributed by atoms with Crippen LogP contribution in [-0.2, 0) is 0 Å². The number of rotatable bonds is 4. The summed E-state index contributed by atoms with van der Waals surface area (Å²) in [5.41, 5.74) is 2.36. The fourth-order valence-corrected chi connectivity index (χ4v) is 4.84. The standard InChI is InChI=1S/C15H20N4S2/c1-12(18-14-8-20-6-7-21-9-14)13-2-4-15(5-3-13)19-11-16-10-17-19/h2-5,10-12,14,18H,6-9H2,1H3/t12-/m0/s1. The van der Waals surface area contributed by atoms with E-state index in [1.54, 1.807) is 17.3 Å². The number of thioether (sulfide) groups is 2. The zero-order valence-electron chi connectivity index (χ0n) is 12.1. The van der Waals surface area contributed by atoms with E-state index in [9.17, 15) is 0 Å². The summed E-state index contributed by atoms with van der Waals surface area (Å²) in [5.74, 6) is 5.00. The molecule has 1 N–H and O–H groups in total. The van der Waals surface area contributed by atoms with Crippen LogP contribution in [-0.4, -0.2) is 43.8 Å². The summed E-state index contributed by atoms with van der Waals surface area (Å²) >= 11 is 4.12. The van der Waals surface area contributed by atoms with Crippen molar-refractivity contribution in [3.8, 4) is 5.69 Å². The monoisotopic (exact) mass is 320 g/mol. The Kier molecular flexibility index (Phi) is 5.22. The highest BCUT2D eigenvalue weighted by molar-refractivity contribution is 8.03. The molecule has 0 aliphatic carbocycles. The van der Waals surface area contributed by atoms with Crippen LogP contribution in [0.15, 0.2) is 36.9 Å². The number of hydrogen-bond donors (Lipinski definition) is 1. The number of benzene rings is 1. The SMILES string of the molecule is C[C@H](NC1CSCCSC1)c1ccc(-n2cncn2)cc1. The summed E-state index contributed by atoms with van der Waals surface area (Å²) in [6, 6.07) is 9.51. The Balaban J connectivity index is 1.63. The van der Waals surface area contributed by atoms with Gasteiger partial charge in [0.25, 0.3) is 0 Å². The maximum absolute atomic E-state index is 4.15. The van der Waals surface area contributed by atoms with Gasteiger partial charge in [0, 0.05) is 35.1 Å². The smallest absolute Gasteiger partial charge is 0.138 e. The van der Waals surface area contributed by atoms with Gasteiger partial charge in [-0.05, 0) is 24.6 Å². The van der Waals surface area contributed by atoms with Crippen LogP contribution in [0.25, 0.3) is 5.69 Å². The average Bonchev–Trinajstić information content (AvgIpc) is 2.93. The van der Waals surface area contributed by atoms with Gasteiger partial charge in [-0.15, -0.1) is 0 Å². The molecule has 2 heterocycles. The van der Waals surface area contributed by atoms with Crippen LogP contribution in [0.3, 0.4) is 0 Å². The van der Waals surface area contributed by atoms with E-state index in [2.05, 4.69) is 70.1 Å². The predicted molar refractivity (Wildman–Crippen MR) is 91.3 cm³/mol. The quantitative estimate of drug-likeness (QED) is 0.938. The van der Waals surface area contributed by atoms with Crippen molar-refractivity contribution in [2.45, 2.75) is 19.0 Å². The third-order valence-corrected chi connectivity index (χ3v) is 6.09. The first-order valence-electron chi connectivity index (χ1n) is 7.19. The van der Waals surface area contributed by atoms with Crippen LogP contribution in [0.5, 0.6) is 0 Å². The van der Waals surface area contributed by atoms with Gasteiger partial charge < -0.3 is 5.32 Å². The molecule has 0 saturated carbocycles. The second kappa shape index (κ2) is 7.33. The van der Waals surface area contributed by atoms with Crippen molar-refractivity contribution in [2.24, 2.45) is 0 Å². The minimum atomic E-state index is 0.374. The van der Waals surface area contributed by atoms with Crippen molar-refractivity contribution in [1.29, 1.82) is 0 Å². The Morgan fingerprint density at radius 3 is 2.52 bits per heavy atom. The summed E-state index contributed by atoms with van der Waals surface area (Å²) in [6.07, 6.45) is 3.27. The maximum Gasteiger partial charge on any atom is 0.138 e. The van der Waals surface area contributed by atoms with Gasteiger partial charge in [0.15, 0.2) is 0 Å². The normalized spacial score (nSPS) is 18.3. The molecule has 6 heteroatoms. The van der Waals surface area contributed by atoms with E-state index in [0.717, 1.165) is 5.69 Å². The highest BCUT2D eigenvalue weighted by atomic mass is 32.2. The fraction of sp³-hybridized carbons (Fsp3) is 0.467. The molecule has 0 amide bonds. The largest absolute Gasteiger partial charge is 0.306 e. The molecule has 0 unspecified atom stereocenters. The lowest BCUT2D eigenvalue weighted by molar-refractivity contribution is 0.517. The van der Waals surface area contributed by atoms with Gasteiger partial charge in [0.1, 0.15) is 12.7 Å². The van der Waals surface area contributed by atoms with Crippen molar-refractivity contribution in [2.75, 3.05) is 23.0 Å². The van der Waals surface area contributed by atoms with Crippen LogP contribution in [0.2, 0.25) is 0 Å². The van der Waals surface area contributed by atoms with E-state index in [-0.39, 0.29) is 0 Å². The summed E-state index contributed by atoms with van der Waals surface area (Å²) in [6.45, 7) is 2.24. The minimum absolute atomic E-state index is 0.374. The van der Waals surface area contributed by atoms with Gasteiger partial charge in [-0.3, -0.25) is 0 Å². The Morgan fingerprint density at radius 1 is 1.19 bits per heavy atom. The van der Waals surface area contributed by atoms with Crippen molar-refractivity contribution in [3.63, 3.8) is 0 Å². The average molecular weight is 320 g/mol. The molecule has 0 bridgehead atoms. The summed E-state index contributed by atoms with van der Waals surface area (Å²) < 4.78 is 1.78. The van der Waals surface area contributed by atoms with Gasteiger partial charge in [-0.25, -0.2) is 9.67 Å². The van der Waals surface area contributed by atoms with E-state index >= 15 is 0 Å². The molecule has 21 heavy (non-hydrogen) atoms. The van der Waals surface area contributed by atoms with E-state index in [1.807, 2.05) is 0 Å². The molecule has 1 aromatic heterocycles. The van der Waals surface area contributed by atoms with Crippen molar-refractivity contribution in [3.05, 3.63) is 42.5 Å². The fourth-order valence-electron chi connectivity index (χ4n) is 2.42. The van der Waals surface area contributed by atoms with Crippen LogP contribution < -0.4 is 5.32 Å². The molecule has 1 aromatic carbocycles. The van der Waals surface area contributed by atoms with Crippen molar-refractivity contribution < 1.29 is 0 Å². The van der Waals surface area contributed by atoms with Gasteiger partial charge in [-0.2, -0.15) is 28.6 Å². The molecule has 0 spiro atoms. The number of nitrogens with one attached hydrogen (secondary N) is 1. The van der Waals surface area contributed by atoms with Gasteiger partial charge in [0.05, 0.1) is 5.69 Å². The molecule has 3 rings (SSSR count). The second-order valence-electron chi connectivity index (χ2n) is 5.17. The predicted octanol–water partition coefficient (Wildman–Crippen LogP) is 2.77. The van der Waals surface area contributed by atoms with Gasteiger partial charge >= 0.3 is 0 Å². The topological polar surface area (TPSA) is 42.7 Å². The Hall–Kier alpha value is -0.980. The van der Waals surface area contributed by atoms with E-state index in [0.29, 0.717) is 12.1 Å². The van der Waals surface area contributed by atoms with Gasteiger partial charge in [-0.1, -0.05) is 12.1 Å². The molecule has 1 atom stereocenters. The summed E-state index contributed by atoms with van der Waals surface area (Å²) in [5, 5.41) is 7.90. The summed E-state index contributed by atoms with van der Waals surface area (Å²) in [7, 11) is 0. The highest BCUT2D eigenvalue weighted by Crippen LogP contribution is 2.20. The Morgan fingerprint density at radius 2 is 1.90 bits per heavy atom. The van der Waals surface area contributed by atoms with Crippen molar-refractivity contribution in [1.82, 2.24) is 20.1 Å². The zero-order valence-corrected chi connectivity index (χ0v) is 13.7. The third-order valence-electron chi connectivity index (χ3n) is 3.57. The van der Waals surface area contributed by atoms with E-state index in [1.165, 1.54) is 28.6 Å². The zero-order chi connectivity index (χ0) is 14.5. The van der Waals surface area contributed by atoms with Crippen LogP contribution in [0.1, 0.15) is 18.5 Å². The lowest BCUT2D eigenvalue weighted by atomic mass is 10.1. The van der Waals surface area contributed by atoms with Crippen molar-refractivity contribution >= 4 is 23.5 Å². The molecular formula is C15H20N4S2. The molecule has 1 saturated heterocycles. The highest BCUT2D eigenvalue weighted by Gasteiger charge is 2.16. The maximum atomic E-state index is 4.15. The Bertz CT molecular complexity index is 533. The van der Waals surface area contributed by atoms with E-state index < -0.39 is 0 Å². The van der Waals surface area contributed by atoms with Crippen LogP contribution in [0.4, 0.5) is 0 Å². The molecule has 1 aliphatic rings. The van der Waals surface area contributed by atoms with Gasteiger partial charge in [0.2, 0.25) is 0 Å². The molecular weight excluding hydrogens is 300 g/mol. The first-order valence-corrected chi connectivity index (χ1v) is 9.50. The first-order chi connectivity index (χ1) is 10.3. The molecule has 2 aromatic rings. The molecule has 1 aliphatic heterocycles. The van der Waals surface area contributed by atoms with Crippen LogP contribution in [0, 0.1) is 0 Å². The minimum Gasteiger partial charge on any atom is -0.306 e. The van der Waals surface area contributed by atoms with Crippen LogP contribution >= 0.6 is 23.5 Å². The number of nitrogens with zero attached hydrogens (tertiary/aromatic N) is 3. The molecule has 1 fully saturated rings.